The van der Waals surface area contributed by atoms with Crippen LogP contribution in [0, 0.1) is 13.8 Å². The summed E-state index contributed by atoms with van der Waals surface area (Å²) in [6.45, 7) is 5.29. The smallest absolute Gasteiger partial charge is 0.241 e. The van der Waals surface area contributed by atoms with Gasteiger partial charge >= 0.3 is 0 Å². The van der Waals surface area contributed by atoms with Crippen molar-refractivity contribution < 1.29 is 17.9 Å². The molecule has 0 bridgehead atoms. The quantitative estimate of drug-likeness (QED) is 0.802. The third-order valence-corrected chi connectivity index (χ3v) is 6.87. The summed E-state index contributed by atoms with van der Waals surface area (Å²) in [5.74, 6) is 0.594. The van der Waals surface area contributed by atoms with Crippen LogP contribution in [-0.2, 0) is 14.8 Å². The van der Waals surface area contributed by atoms with Crippen molar-refractivity contribution in [1.82, 2.24) is 10.0 Å². The van der Waals surface area contributed by atoms with Crippen molar-refractivity contribution in [2.45, 2.75) is 62.6 Å². The minimum atomic E-state index is -3.57. The predicted molar refractivity (Wildman–Crippen MR) is 96.6 cm³/mol. The second-order valence-electron chi connectivity index (χ2n) is 7.05. The maximum absolute atomic E-state index is 12.9. The number of nitrogens with one attached hydrogen (secondary N) is 2. The highest BCUT2D eigenvalue weighted by atomic mass is 32.2. The lowest BCUT2D eigenvalue weighted by Gasteiger charge is -2.40. The van der Waals surface area contributed by atoms with Crippen LogP contribution in [0.15, 0.2) is 17.0 Å². The lowest BCUT2D eigenvalue weighted by molar-refractivity contribution is 0.0685. The zero-order valence-corrected chi connectivity index (χ0v) is 16.0. The largest absolute Gasteiger partial charge is 0.496 e. The van der Waals surface area contributed by atoms with Gasteiger partial charge in [0.25, 0.3) is 0 Å². The van der Waals surface area contributed by atoms with Crippen LogP contribution in [0.1, 0.15) is 36.8 Å². The van der Waals surface area contributed by atoms with E-state index in [4.69, 9.17) is 9.47 Å². The number of ether oxygens (including phenoxy) is 2. The van der Waals surface area contributed by atoms with Crippen molar-refractivity contribution in [2.75, 3.05) is 20.3 Å². The van der Waals surface area contributed by atoms with Gasteiger partial charge in [0.05, 0.1) is 12.0 Å². The Morgan fingerprint density at radius 3 is 2.32 bits per heavy atom. The molecule has 0 amide bonds. The molecular formula is C18H28N2O4S. The third-order valence-electron chi connectivity index (χ3n) is 5.23. The van der Waals surface area contributed by atoms with Gasteiger partial charge in [0.2, 0.25) is 10.0 Å². The van der Waals surface area contributed by atoms with Crippen LogP contribution >= 0.6 is 0 Å². The molecule has 2 atom stereocenters. The maximum Gasteiger partial charge on any atom is 0.241 e. The molecule has 6 nitrogen and oxygen atoms in total. The molecule has 1 heterocycles. The molecule has 0 unspecified atom stereocenters. The molecule has 2 aliphatic rings. The molecule has 25 heavy (non-hydrogen) atoms. The normalized spacial score (nSPS) is 24.8. The fourth-order valence-corrected chi connectivity index (χ4v) is 5.15. The van der Waals surface area contributed by atoms with E-state index in [1.165, 1.54) is 0 Å². The molecule has 1 aliphatic carbocycles. The molecule has 1 aromatic carbocycles. The van der Waals surface area contributed by atoms with Crippen LogP contribution in [0.5, 0.6) is 5.75 Å². The summed E-state index contributed by atoms with van der Waals surface area (Å²) < 4.78 is 39.3. The number of methoxy groups -OCH3 is 1. The van der Waals surface area contributed by atoms with Crippen molar-refractivity contribution >= 4 is 10.0 Å². The van der Waals surface area contributed by atoms with Crippen molar-refractivity contribution in [1.29, 1.82) is 0 Å². The van der Waals surface area contributed by atoms with Crippen LogP contribution in [0.4, 0.5) is 0 Å². The van der Waals surface area contributed by atoms with Gasteiger partial charge in [0.1, 0.15) is 5.75 Å². The number of benzene rings is 1. The van der Waals surface area contributed by atoms with Crippen molar-refractivity contribution in [3.63, 3.8) is 0 Å². The lowest BCUT2D eigenvalue weighted by atomic mass is 9.86. The SMILES string of the molecule is COc1cc(S(=O)(=O)N[C@H]2CC[C@H]2NC2CCOCC2)c(C)cc1C. The summed E-state index contributed by atoms with van der Waals surface area (Å²) in [5.41, 5.74) is 1.67. The molecule has 0 radical (unpaired) electrons. The second kappa shape index (κ2) is 7.61. The minimum Gasteiger partial charge on any atom is -0.496 e. The van der Waals surface area contributed by atoms with Crippen molar-refractivity contribution in [3.05, 3.63) is 23.3 Å². The van der Waals surface area contributed by atoms with Gasteiger partial charge in [0, 0.05) is 37.4 Å². The average molecular weight is 368 g/mol. The van der Waals surface area contributed by atoms with Crippen LogP contribution in [-0.4, -0.2) is 46.9 Å². The molecule has 1 saturated heterocycles. The van der Waals surface area contributed by atoms with E-state index in [0.717, 1.165) is 50.0 Å². The van der Waals surface area contributed by atoms with Gasteiger partial charge in [-0.1, -0.05) is 6.07 Å². The number of sulfonamides is 1. The molecule has 0 spiro atoms. The Bertz CT molecular complexity index is 714. The Morgan fingerprint density at radius 2 is 1.72 bits per heavy atom. The summed E-state index contributed by atoms with van der Waals surface area (Å²) in [4.78, 5) is 0.298. The average Bonchev–Trinajstić information content (AvgIpc) is 2.58. The Labute approximate surface area is 150 Å². The standard InChI is InChI=1S/C18H28N2O4S/c1-12-10-13(2)18(11-17(12)23-3)25(21,22)20-16-5-4-15(16)19-14-6-8-24-9-7-14/h10-11,14-16,19-20H,4-9H2,1-3H3/t15-,16+/m1/s1. The highest BCUT2D eigenvalue weighted by molar-refractivity contribution is 7.89. The van der Waals surface area contributed by atoms with Gasteiger partial charge in [0.15, 0.2) is 0 Å². The summed E-state index contributed by atoms with van der Waals surface area (Å²) in [7, 11) is -2.01. The molecule has 1 saturated carbocycles. The number of rotatable bonds is 6. The van der Waals surface area contributed by atoms with Crippen LogP contribution < -0.4 is 14.8 Å². The zero-order valence-electron chi connectivity index (χ0n) is 15.2. The first kappa shape index (κ1) is 18.6. The molecule has 0 aromatic heterocycles. The highest BCUT2D eigenvalue weighted by Crippen LogP contribution is 2.28. The van der Waals surface area contributed by atoms with E-state index in [9.17, 15) is 8.42 Å². The fourth-order valence-electron chi connectivity index (χ4n) is 3.59. The van der Waals surface area contributed by atoms with Gasteiger partial charge < -0.3 is 14.8 Å². The lowest BCUT2D eigenvalue weighted by Crippen LogP contribution is -2.59. The molecule has 1 aliphatic heterocycles. The molecule has 3 rings (SSSR count). The third kappa shape index (κ3) is 4.16. The maximum atomic E-state index is 12.9. The van der Waals surface area contributed by atoms with E-state index in [2.05, 4.69) is 10.0 Å². The molecular weight excluding hydrogens is 340 g/mol. The molecule has 2 fully saturated rings. The topological polar surface area (TPSA) is 76.7 Å². The first-order chi connectivity index (χ1) is 11.9. The van der Waals surface area contributed by atoms with E-state index in [-0.39, 0.29) is 12.1 Å². The van der Waals surface area contributed by atoms with E-state index in [1.54, 1.807) is 13.2 Å². The van der Waals surface area contributed by atoms with Gasteiger partial charge in [-0.25, -0.2) is 13.1 Å². The first-order valence-corrected chi connectivity index (χ1v) is 10.4. The van der Waals surface area contributed by atoms with Crippen molar-refractivity contribution in [2.24, 2.45) is 0 Å². The molecule has 7 heteroatoms. The number of hydrogen-bond donors (Lipinski definition) is 2. The summed E-state index contributed by atoms with van der Waals surface area (Å²) >= 11 is 0. The van der Waals surface area contributed by atoms with Crippen LogP contribution in [0.25, 0.3) is 0 Å². The van der Waals surface area contributed by atoms with E-state index < -0.39 is 10.0 Å². The van der Waals surface area contributed by atoms with E-state index in [1.807, 2.05) is 19.9 Å². The number of hydrogen-bond acceptors (Lipinski definition) is 5. The monoisotopic (exact) mass is 368 g/mol. The Balaban J connectivity index is 1.69. The second-order valence-corrected chi connectivity index (χ2v) is 8.73. The molecule has 1 aromatic rings. The van der Waals surface area contributed by atoms with E-state index in [0.29, 0.717) is 16.7 Å². The first-order valence-electron chi connectivity index (χ1n) is 8.92. The minimum absolute atomic E-state index is 0.0560. The van der Waals surface area contributed by atoms with Gasteiger partial charge in [-0.15, -0.1) is 0 Å². The van der Waals surface area contributed by atoms with Gasteiger partial charge in [-0.05, 0) is 50.7 Å². The molecule has 140 valence electrons. The van der Waals surface area contributed by atoms with Gasteiger partial charge in [-0.2, -0.15) is 0 Å². The Morgan fingerprint density at radius 1 is 1.04 bits per heavy atom. The predicted octanol–water partition coefficient (Wildman–Crippen LogP) is 1.89. The summed E-state index contributed by atoms with van der Waals surface area (Å²) in [5, 5.41) is 3.59. The van der Waals surface area contributed by atoms with Crippen molar-refractivity contribution in [3.8, 4) is 5.75 Å². The van der Waals surface area contributed by atoms with Crippen LogP contribution in [0.2, 0.25) is 0 Å². The zero-order chi connectivity index (χ0) is 18.0. The van der Waals surface area contributed by atoms with Crippen LogP contribution in [0.3, 0.4) is 0 Å². The Hall–Kier alpha value is -1.15. The molecule has 2 N–H and O–H groups in total. The highest BCUT2D eigenvalue weighted by Gasteiger charge is 2.36. The Kier molecular flexibility index (Phi) is 5.68. The van der Waals surface area contributed by atoms with E-state index >= 15 is 0 Å². The van der Waals surface area contributed by atoms with Gasteiger partial charge in [-0.3, -0.25) is 0 Å². The summed E-state index contributed by atoms with van der Waals surface area (Å²) in [6, 6.07) is 4.04. The fraction of sp³-hybridized carbons (Fsp3) is 0.667. The number of aryl methyl sites for hydroxylation is 2. The summed E-state index contributed by atoms with van der Waals surface area (Å²) in [6.07, 6.45) is 3.84.